The fourth-order valence-electron chi connectivity index (χ4n) is 1.72. The molecular formula is C13H18N2S. The first-order valence-corrected chi connectivity index (χ1v) is 6.88. The van der Waals surface area contributed by atoms with E-state index in [2.05, 4.69) is 47.7 Å². The van der Waals surface area contributed by atoms with Crippen molar-refractivity contribution >= 4 is 22.7 Å². The Labute approximate surface area is 101 Å². The van der Waals surface area contributed by atoms with Crippen LogP contribution in [0, 0.1) is 0 Å². The highest BCUT2D eigenvalue weighted by Gasteiger charge is 2.00. The summed E-state index contributed by atoms with van der Waals surface area (Å²) in [6.45, 7) is 4.26. The molecule has 1 atom stereocenters. The van der Waals surface area contributed by atoms with Crippen LogP contribution in [0.25, 0.3) is 10.9 Å². The molecule has 0 fully saturated rings. The van der Waals surface area contributed by atoms with E-state index in [1.54, 1.807) is 0 Å². The summed E-state index contributed by atoms with van der Waals surface area (Å²) in [5, 5.41) is 5.44. The molecule has 2 nitrogen and oxygen atoms in total. The minimum absolute atomic E-state index is 0.677. The van der Waals surface area contributed by atoms with Crippen LogP contribution in [0.4, 0.5) is 0 Å². The molecular weight excluding hydrogens is 216 g/mol. The Balaban J connectivity index is 1.93. The number of hydrogen-bond donors (Lipinski definition) is 2. The monoisotopic (exact) mass is 234 g/mol. The first-order valence-electron chi connectivity index (χ1n) is 5.59. The van der Waals surface area contributed by atoms with Crippen molar-refractivity contribution in [2.45, 2.75) is 18.7 Å². The van der Waals surface area contributed by atoms with Gasteiger partial charge in [0.25, 0.3) is 0 Å². The molecule has 0 aliphatic rings. The number of aromatic amines is 1. The summed E-state index contributed by atoms with van der Waals surface area (Å²) >= 11 is 1.90. The average molecular weight is 234 g/mol. The summed E-state index contributed by atoms with van der Waals surface area (Å²) in [6, 6.07) is 8.67. The zero-order chi connectivity index (χ0) is 11.4. The van der Waals surface area contributed by atoms with Gasteiger partial charge in [0, 0.05) is 30.1 Å². The highest BCUT2D eigenvalue weighted by molar-refractivity contribution is 7.99. The molecule has 0 bridgehead atoms. The molecule has 16 heavy (non-hydrogen) atoms. The second-order valence-corrected chi connectivity index (χ2v) is 5.35. The third-order valence-corrected chi connectivity index (χ3v) is 3.75. The third-order valence-electron chi connectivity index (χ3n) is 2.78. The van der Waals surface area contributed by atoms with Crippen molar-refractivity contribution in [2.24, 2.45) is 0 Å². The second kappa shape index (κ2) is 5.41. The normalized spacial score (nSPS) is 13.1. The third kappa shape index (κ3) is 2.80. The maximum Gasteiger partial charge on any atom is 0.0454 e. The molecule has 2 rings (SSSR count). The van der Waals surface area contributed by atoms with Gasteiger partial charge in [0.05, 0.1) is 0 Å². The van der Waals surface area contributed by atoms with Crippen molar-refractivity contribution in [3.8, 4) is 0 Å². The van der Waals surface area contributed by atoms with Crippen molar-refractivity contribution in [1.82, 2.24) is 10.3 Å². The number of fused-ring (bicyclic) bond motifs is 1. The van der Waals surface area contributed by atoms with Crippen molar-refractivity contribution in [2.75, 3.05) is 12.8 Å². The quantitative estimate of drug-likeness (QED) is 0.832. The first kappa shape index (κ1) is 11.6. The molecule has 86 valence electrons. The van der Waals surface area contributed by atoms with Gasteiger partial charge in [0.1, 0.15) is 0 Å². The second-order valence-electron chi connectivity index (χ2n) is 4.08. The fourth-order valence-corrected chi connectivity index (χ4v) is 2.00. The van der Waals surface area contributed by atoms with Crippen molar-refractivity contribution in [3.05, 3.63) is 36.0 Å². The standard InChI is InChI=1S/C13H18N2S/c1-10(16-2)8-14-9-11-3-4-13-12(7-11)5-6-15-13/h3-7,10,14-15H,8-9H2,1-2H3. The number of H-pyrrole nitrogens is 1. The molecule has 1 aromatic heterocycles. The Kier molecular flexibility index (Phi) is 3.91. The van der Waals surface area contributed by atoms with Gasteiger partial charge >= 0.3 is 0 Å². The van der Waals surface area contributed by atoms with Gasteiger partial charge in [0.15, 0.2) is 0 Å². The van der Waals surface area contributed by atoms with Crippen molar-refractivity contribution in [1.29, 1.82) is 0 Å². The molecule has 0 amide bonds. The summed E-state index contributed by atoms with van der Waals surface area (Å²) in [5.74, 6) is 0. The van der Waals surface area contributed by atoms with Gasteiger partial charge in [-0.05, 0) is 35.4 Å². The number of hydrogen-bond acceptors (Lipinski definition) is 2. The van der Waals surface area contributed by atoms with Gasteiger partial charge in [-0.3, -0.25) is 0 Å². The van der Waals surface area contributed by atoms with E-state index in [1.807, 2.05) is 18.0 Å². The van der Waals surface area contributed by atoms with E-state index in [4.69, 9.17) is 0 Å². The predicted octanol–water partition coefficient (Wildman–Crippen LogP) is 3.01. The van der Waals surface area contributed by atoms with Crippen LogP contribution in [-0.2, 0) is 6.54 Å². The van der Waals surface area contributed by atoms with Gasteiger partial charge in [-0.15, -0.1) is 0 Å². The van der Waals surface area contributed by atoms with Crippen LogP contribution in [0.2, 0.25) is 0 Å². The maximum absolute atomic E-state index is 3.48. The van der Waals surface area contributed by atoms with Crippen LogP contribution in [0.1, 0.15) is 12.5 Å². The summed E-state index contributed by atoms with van der Waals surface area (Å²) in [4.78, 5) is 3.21. The first-order chi connectivity index (χ1) is 7.79. The van der Waals surface area contributed by atoms with Crippen LogP contribution in [0.15, 0.2) is 30.5 Å². The largest absolute Gasteiger partial charge is 0.361 e. The maximum atomic E-state index is 3.48. The van der Waals surface area contributed by atoms with Gasteiger partial charge in [-0.2, -0.15) is 11.8 Å². The van der Waals surface area contributed by atoms with E-state index >= 15 is 0 Å². The number of rotatable bonds is 5. The Morgan fingerprint density at radius 3 is 3.06 bits per heavy atom. The van der Waals surface area contributed by atoms with E-state index in [0.29, 0.717) is 5.25 Å². The van der Waals surface area contributed by atoms with Crippen LogP contribution < -0.4 is 5.32 Å². The lowest BCUT2D eigenvalue weighted by molar-refractivity contribution is 0.685. The number of thioether (sulfide) groups is 1. The van der Waals surface area contributed by atoms with E-state index in [9.17, 15) is 0 Å². The van der Waals surface area contributed by atoms with Crippen molar-refractivity contribution in [3.63, 3.8) is 0 Å². The molecule has 0 saturated heterocycles. The predicted molar refractivity (Wildman–Crippen MR) is 73.0 cm³/mol. The molecule has 1 unspecified atom stereocenters. The van der Waals surface area contributed by atoms with Gasteiger partial charge < -0.3 is 10.3 Å². The molecule has 0 aliphatic carbocycles. The number of nitrogens with one attached hydrogen (secondary N) is 2. The van der Waals surface area contributed by atoms with E-state index in [1.165, 1.54) is 16.5 Å². The van der Waals surface area contributed by atoms with Crippen LogP contribution >= 0.6 is 11.8 Å². The van der Waals surface area contributed by atoms with E-state index in [0.717, 1.165) is 13.1 Å². The van der Waals surface area contributed by atoms with E-state index in [-0.39, 0.29) is 0 Å². The van der Waals surface area contributed by atoms with Gasteiger partial charge in [-0.25, -0.2) is 0 Å². The molecule has 0 radical (unpaired) electrons. The smallest absolute Gasteiger partial charge is 0.0454 e. The average Bonchev–Trinajstić information content (AvgIpc) is 2.76. The Bertz CT molecular complexity index is 450. The van der Waals surface area contributed by atoms with Gasteiger partial charge in [-0.1, -0.05) is 13.0 Å². The summed E-state index contributed by atoms with van der Waals surface area (Å²) in [5.41, 5.74) is 2.56. The Morgan fingerprint density at radius 1 is 1.38 bits per heavy atom. The van der Waals surface area contributed by atoms with Gasteiger partial charge in [0.2, 0.25) is 0 Å². The number of benzene rings is 1. The lowest BCUT2D eigenvalue weighted by atomic mass is 10.1. The Hall–Kier alpha value is -0.930. The minimum atomic E-state index is 0.677. The fraction of sp³-hybridized carbons (Fsp3) is 0.385. The molecule has 0 saturated carbocycles. The van der Waals surface area contributed by atoms with Crippen LogP contribution in [-0.4, -0.2) is 23.0 Å². The lowest BCUT2D eigenvalue weighted by Gasteiger charge is -2.09. The van der Waals surface area contributed by atoms with Crippen LogP contribution in [0.5, 0.6) is 0 Å². The molecule has 1 heterocycles. The molecule has 2 aromatic rings. The zero-order valence-electron chi connectivity index (χ0n) is 9.79. The van der Waals surface area contributed by atoms with E-state index < -0.39 is 0 Å². The summed E-state index contributed by atoms with van der Waals surface area (Å²) in [6.07, 6.45) is 4.13. The van der Waals surface area contributed by atoms with Crippen LogP contribution in [0.3, 0.4) is 0 Å². The molecule has 2 N–H and O–H groups in total. The molecule has 0 spiro atoms. The van der Waals surface area contributed by atoms with Crippen molar-refractivity contribution < 1.29 is 0 Å². The number of aromatic nitrogens is 1. The topological polar surface area (TPSA) is 27.8 Å². The lowest BCUT2D eigenvalue weighted by Crippen LogP contribution is -2.21. The zero-order valence-corrected chi connectivity index (χ0v) is 10.6. The highest BCUT2D eigenvalue weighted by Crippen LogP contribution is 2.14. The Morgan fingerprint density at radius 2 is 2.25 bits per heavy atom. The molecule has 3 heteroatoms. The minimum Gasteiger partial charge on any atom is -0.361 e. The molecule has 1 aromatic carbocycles. The summed E-state index contributed by atoms with van der Waals surface area (Å²) in [7, 11) is 0. The summed E-state index contributed by atoms with van der Waals surface area (Å²) < 4.78 is 0. The molecule has 0 aliphatic heterocycles. The SMILES string of the molecule is CSC(C)CNCc1ccc2[nH]ccc2c1. The highest BCUT2D eigenvalue weighted by atomic mass is 32.2.